The zero-order valence-corrected chi connectivity index (χ0v) is 18.2. The summed E-state index contributed by atoms with van der Waals surface area (Å²) in [5, 5.41) is 9.52. The van der Waals surface area contributed by atoms with Crippen LogP contribution in [0.3, 0.4) is 0 Å². The highest BCUT2D eigenvalue weighted by molar-refractivity contribution is 6.02. The van der Waals surface area contributed by atoms with Crippen molar-refractivity contribution in [2.75, 3.05) is 35.5 Å². The molecule has 3 aromatic rings. The first-order valence-electron chi connectivity index (χ1n) is 9.32. The Labute approximate surface area is 183 Å². The van der Waals surface area contributed by atoms with Gasteiger partial charge in [-0.15, -0.1) is 0 Å². The van der Waals surface area contributed by atoms with E-state index in [1.165, 1.54) is 47.7 Å². The summed E-state index contributed by atoms with van der Waals surface area (Å²) >= 11 is 0. The van der Waals surface area contributed by atoms with E-state index >= 15 is 0 Å². The normalized spacial score (nSPS) is 10.9. The molecule has 0 radical (unpaired) electrons. The molecule has 0 atom stereocenters. The maximum Gasteiger partial charge on any atom is 0.343 e. The van der Waals surface area contributed by atoms with Gasteiger partial charge in [0.25, 0.3) is 0 Å². The van der Waals surface area contributed by atoms with Gasteiger partial charge in [-0.3, -0.25) is 4.79 Å². The number of hydrogen-bond donors (Lipinski definition) is 1. The Bertz CT molecular complexity index is 1230. The van der Waals surface area contributed by atoms with Gasteiger partial charge in [0, 0.05) is 12.1 Å². The first-order chi connectivity index (χ1) is 15.4. The number of ether oxygens (including phenoxy) is 5. The summed E-state index contributed by atoms with van der Waals surface area (Å²) in [4.78, 5) is 24.4. The van der Waals surface area contributed by atoms with Crippen LogP contribution in [0.15, 0.2) is 33.5 Å². The summed E-state index contributed by atoms with van der Waals surface area (Å²) in [6.07, 6.45) is 3.29. The molecule has 0 aliphatic carbocycles. The number of carbonyl (C=O) groups is 1. The third-order valence-electron chi connectivity index (χ3n) is 4.72. The molecule has 0 fully saturated rings. The van der Waals surface area contributed by atoms with Gasteiger partial charge >= 0.3 is 5.97 Å². The molecule has 0 amide bonds. The molecule has 0 saturated heterocycles. The second kappa shape index (κ2) is 9.34. The van der Waals surface area contributed by atoms with Gasteiger partial charge in [0.05, 0.1) is 35.5 Å². The highest BCUT2D eigenvalue weighted by atomic mass is 16.5. The van der Waals surface area contributed by atoms with Crippen molar-refractivity contribution in [3.8, 4) is 28.7 Å². The molecular formula is C23H22O9. The minimum Gasteiger partial charge on any atom is -0.496 e. The molecule has 0 spiro atoms. The van der Waals surface area contributed by atoms with Crippen LogP contribution in [0.2, 0.25) is 0 Å². The molecule has 1 heterocycles. The Kier molecular flexibility index (Phi) is 6.58. The molecule has 168 valence electrons. The lowest BCUT2D eigenvalue weighted by atomic mass is 10.1. The number of rotatable bonds is 8. The monoisotopic (exact) mass is 442 g/mol. The van der Waals surface area contributed by atoms with E-state index in [0.29, 0.717) is 22.8 Å². The average molecular weight is 442 g/mol. The summed E-state index contributed by atoms with van der Waals surface area (Å²) in [6.45, 7) is 0. The van der Waals surface area contributed by atoms with E-state index < -0.39 is 11.4 Å². The van der Waals surface area contributed by atoms with Crippen LogP contribution in [0.5, 0.6) is 28.7 Å². The highest BCUT2D eigenvalue weighted by Crippen LogP contribution is 2.39. The number of benzene rings is 2. The number of carboxylic acids is 1. The molecule has 1 N–H and O–H groups in total. The van der Waals surface area contributed by atoms with Crippen LogP contribution in [0, 0.1) is 0 Å². The SMILES string of the molecule is COc1cc(C=Cc2cc(=O)c3c(OC)c(C(=O)O)c(OC)cc3o2)cc(OC)c1OC. The topological polar surface area (TPSA) is 114 Å². The van der Waals surface area contributed by atoms with Gasteiger partial charge < -0.3 is 33.2 Å². The van der Waals surface area contributed by atoms with Crippen LogP contribution < -0.4 is 29.1 Å². The highest BCUT2D eigenvalue weighted by Gasteiger charge is 2.24. The van der Waals surface area contributed by atoms with Gasteiger partial charge in [-0.2, -0.15) is 0 Å². The quantitative estimate of drug-likeness (QED) is 0.558. The van der Waals surface area contributed by atoms with E-state index in [2.05, 4.69) is 0 Å². The van der Waals surface area contributed by atoms with Gasteiger partial charge in [-0.05, 0) is 23.8 Å². The van der Waals surface area contributed by atoms with Crippen molar-refractivity contribution in [3.63, 3.8) is 0 Å². The summed E-state index contributed by atoms with van der Waals surface area (Å²) in [5.74, 6) is 0.244. The van der Waals surface area contributed by atoms with E-state index in [4.69, 9.17) is 28.1 Å². The molecule has 2 aromatic carbocycles. The minimum absolute atomic E-state index is 0.00985. The zero-order valence-electron chi connectivity index (χ0n) is 18.2. The second-order valence-electron chi connectivity index (χ2n) is 6.47. The maximum absolute atomic E-state index is 12.8. The van der Waals surface area contributed by atoms with Gasteiger partial charge in [0.1, 0.15) is 28.0 Å². The van der Waals surface area contributed by atoms with E-state index in [-0.39, 0.29) is 33.8 Å². The van der Waals surface area contributed by atoms with E-state index in [9.17, 15) is 14.7 Å². The fraction of sp³-hybridized carbons (Fsp3) is 0.217. The standard InChI is InChI=1S/C23H22O9/c1-27-15-11-16-19(22(31-5)20(15)23(25)26)14(24)10-13(32-16)7-6-12-8-17(28-2)21(30-4)18(9-12)29-3/h6-11H,1-5H3,(H,25,26). The summed E-state index contributed by atoms with van der Waals surface area (Å²) < 4.78 is 32.2. The van der Waals surface area contributed by atoms with Crippen LogP contribution in [0.4, 0.5) is 0 Å². The third kappa shape index (κ3) is 4.04. The summed E-state index contributed by atoms with van der Waals surface area (Å²) in [7, 11) is 7.13. The van der Waals surface area contributed by atoms with Gasteiger partial charge in [0.2, 0.25) is 5.75 Å². The van der Waals surface area contributed by atoms with Gasteiger partial charge in [-0.25, -0.2) is 4.79 Å². The number of methoxy groups -OCH3 is 5. The Balaban J connectivity index is 2.14. The molecule has 9 heteroatoms. The number of carboxylic acid groups (broad SMARTS) is 1. The predicted molar refractivity (Wildman–Crippen MR) is 118 cm³/mol. The molecule has 1 aromatic heterocycles. The summed E-state index contributed by atoms with van der Waals surface area (Å²) in [5.41, 5.74) is 0.118. The molecular weight excluding hydrogens is 420 g/mol. The predicted octanol–water partition coefficient (Wildman–Crippen LogP) is 3.70. The Morgan fingerprint density at radius 2 is 1.41 bits per heavy atom. The second-order valence-corrected chi connectivity index (χ2v) is 6.47. The van der Waals surface area contributed by atoms with E-state index in [1.54, 1.807) is 24.3 Å². The third-order valence-corrected chi connectivity index (χ3v) is 4.72. The van der Waals surface area contributed by atoms with Crippen molar-refractivity contribution in [1.82, 2.24) is 0 Å². The average Bonchev–Trinajstić information content (AvgIpc) is 2.80. The molecule has 0 saturated carbocycles. The van der Waals surface area contributed by atoms with Crippen molar-refractivity contribution in [1.29, 1.82) is 0 Å². The van der Waals surface area contributed by atoms with Crippen molar-refractivity contribution in [3.05, 3.63) is 51.4 Å². The Morgan fingerprint density at radius 1 is 0.812 bits per heavy atom. The van der Waals surface area contributed by atoms with Gasteiger partial charge in [0.15, 0.2) is 22.7 Å². The Morgan fingerprint density at radius 3 is 1.91 bits per heavy atom. The van der Waals surface area contributed by atoms with Gasteiger partial charge in [-0.1, -0.05) is 6.08 Å². The first kappa shape index (κ1) is 22.5. The number of fused-ring (bicyclic) bond motifs is 1. The molecule has 9 nitrogen and oxygen atoms in total. The van der Waals surface area contributed by atoms with Crippen molar-refractivity contribution < 1.29 is 38.0 Å². The zero-order chi connectivity index (χ0) is 23.4. The van der Waals surface area contributed by atoms with Crippen LogP contribution in [0.1, 0.15) is 21.7 Å². The lowest BCUT2D eigenvalue weighted by molar-refractivity contribution is 0.0690. The molecule has 0 bridgehead atoms. The van der Waals surface area contributed by atoms with Crippen LogP contribution in [0.25, 0.3) is 23.1 Å². The molecule has 0 aliphatic rings. The number of hydrogen-bond acceptors (Lipinski definition) is 8. The first-order valence-corrected chi connectivity index (χ1v) is 9.32. The van der Waals surface area contributed by atoms with Crippen molar-refractivity contribution >= 4 is 29.1 Å². The summed E-state index contributed by atoms with van der Waals surface area (Å²) in [6, 6.07) is 6.07. The van der Waals surface area contributed by atoms with Crippen LogP contribution >= 0.6 is 0 Å². The number of aromatic carboxylic acids is 1. The lowest BCUT2D eigenvalue weighted by Crippen LogP contribution is -2.09. The molecule has 0 unspecified atom stereocenters. The van der Waals surface area contributed by atoms with Crippen molar-refractivity contribution in [2.24, 2.45) is 0 Å². The molecule has 3 rings (SSSR count). The largest absolute Gasteiger partial charge is 0.496 e. The smallest absolute Gasteiger partial charge is 0.343 e. The minimum atomic E-state index is -1.29. The molecule has 32 heavy (non-hydrogen) atoms. The Hall–Kier alpha value is -4.14. The lowest BCUT2D eigenvalue weighted by Gasteiger charge is -2.13. The van der Waals surface area contributed by atoms with E-state index in [0.717, 1.165) is 0 Å². The molecule has 0 aliphatic heterocycles. The fourth-order valence-corrected chi connectivity index (χ4v) is 3.31. The maximum atomic E-state index is 12.8. The fourth-order valence-electron chi connectivity index (χ4n) is 3.31. The van der Waals surface area contributed by atoms with Crippen LogP contribution in [-0.4, -0.2) is 46.6 Å². The van der Waals surface area contributed by atoms with E-state index in [1.807, 2.05) is 0 Å². The van der Waals surface area contributed by atoms with Crippen molar-refractivity contribution in [2.45, 2.75) is 0 Å². The van der Waals surface area contributed by atoms with Crippen LogP contribution in [-0.2, 0) is 0 Å².